The zero-order valence-electron chi connectivity index (χ0n) is 19.2. The second-order valence-corrected chi connectivity index (χ2v) is 9.58. The first-order valence-electron chi connectivity index (χ1n) is 11.4. The third-order valence-corrected chi connectivity index (χ3v) is 7.24. The molecule has 9 heteroatoms. The van der Waals surface area contributed by atoms with E-state index in [1.807, 2.05) is 48.2 Å². The summed E-state index contributed by atoms with van der Waals surface area (Å²) in [5.74, 6) is 0.888. The van der Waals surface area contributed by atoms with Gasteiger partial charge < -0.3 is 9.64 Å². The van der Waals surface area contributed by atoms with Crippen molar-refractivity contribution in [2.24, 2.45) is 7.05 Å². The predicted molar refractivity (Wildman–Crippen MR) is 134 cm³/mol. The number of ether oxygens (including phenoxy) is 1. The fourth-order valence-corrected chi connectivity index (χ4v) is 5.41. The Bertz CT molecular complexity index is 1490. The van der Waals surface area contributed by atoms with Gasteiger partial charge in [0.15, 0.2) is 16.6 Å². The van der Waals surface area contributed by atoms with E-state index in [4.69, 9.17) is 9.72 Å². The summed E-state index contributed by atoms with van der Waals surface area (Å²) in [5, 5.41) is 14.9. The van der Waals surface area contributed by atoms with Gasteiger partial charge >= 0.3 is 0 Å². The molecule has 5 aromatic rings. The van der Waals surface area contributed by atoms with Gasteiger partial charge in [-0.1, -0.05) is 0 Å². The van der Waals surface area contributed by atoms with E-state index >= 15 is 0 Å². The Hall–Kier alpha value is -3.59. The Kier molecular flexibility index (Phi) is 5.33. The molecule has 0 spiro atoms. The largest absolute Gasteiger partial charge is 0.494 e. The van der Waals surface area contributed by atoms with E-state index in [9.17, 15) is 0 Å². The number of methoxy groups -OCH3 is 1. The molecule has 1 aliphatic rings. The summed E-state index contributed by atoms with van der Waals surface area (Å²) < 4.78 is 9.73. The van der Waals surface area contributed by atoms with Crippen LogP contribution in [0.2, 0.25) is 0 Å². The summed E-state index contributed by atoms with van der Waals surface area (Å²) in [7, 11) is 3.66. The highest BCUT2D eigenvalue weighted by Gasteiger charge is 2.19. The minimum absolute atomic E-state index is 0.805. The van der Waals surface area contributed by atoms with E-state index < -0.39 is 0 Å². The molecule has 5 heterocycles. The molecule has 1 aliphatic heterocycles. The van der Waals surface area contributed by atoms with Crippen LogP contribution in [0.4, 0.5) is 5.69 Å². The van der Waals surface area contributed by atoms with Gasteiger partial charge in [-0.05, 0) is 61.4 Å². The van der Waals surface area contributed by atoms with Crippen LogP contribution in [0.15, 0.2) is 65.2 Å². The standard InChI is InChI=1S/C25H25N7OS/c1-30-15-18(13-27-30)17-6-9-23-28-29-25(32(23)16-17)34-19-7-8-21-20(12-19)24(33-2)22(14-26-21)31-10-4-3-5-11-31/h6-9,12-16H,3-5,10-11H2,1-2H3. The number of aryl methyl sites for hydroxylation is 1. The molecule has 172 valence electrons. The van der Waals surface area contributed by atoms with Gasteiger partial charge in [0.2, 0.25) is 0 Å². The molecule has 0 unspecified atom stereocenters. The number of nitrogens with zero attached hydrogens (tertiary/aromatic N) is 7. The van der Waals surface area contributed by atoms with E-state index in [1.54, 1.807) is 23.6 Å². The Labute approximate surface area is 201 Å². The van der Waals surface area contributed by atoms with E-state index in [0.717, 1.165) is 62.3 Å². The normalized spacial score (nSPS) is 14.2. The molecule has 8 nitrogen and oxygen atoms in total. The topological polar surface area (TPSA) is 73.4 Å². The van der Waals surface area contributed by atoms with Crippen molar-refractivity contribution in [1.82, 2.24) is 29.4 Å². The monoisotopic (exact) mass is 471 g/mol. The average molecular weight is 472 g/mol. The second kappa shape index (κ2) is 8.64. The highest BCUT2D eigenvalue weighted by Crippen LogP contribution is 2.38. The van der Waals surface area contributed by atoms with Gasteiger partial charge in [0, 0.05) is 53.9 Å². The van der Waals surface area contributed by atoms with Crippen LogP contribution in [0.25, 0.3) is 27.7 Å². The summed E-state index contributed by atoms with van der Waals surface area (Å²) in [5.41, 5.74) is 4.93. The van der Waals surface area contributed by atoms with Gasteiger partial charge in [-0.15, -0.1) is 10.2 Å². The van der Waals surface area contributed by atoms with Crippen molar-refractivity contribution in [3.63, 3.8) is 0 Å². The third-order valence-electron chi connectivity index (χ3n) is 6.29. The van der Waals surface area contributed by atoms with Crippen LogP contribution < -0.4 is 9.64 Å². The maximum atomic E-state index is 5.91. The van der Waals surface area contributed by atoms with Crippen LogP contribution in [-0.4, -0.2) is 49.6 Å². The van der Waals surface area contributed by atoms with Crippen LogP contribution in [0.5, 0.6) is 5.75 Å². The number of pyridine rings is 2. The fourth-order valence-electron chi connectivity index (χ4n) is 4.56. The molecular weight excluding hydrogens is 446 g/mol. The minimum Gasteiger partial charge on any atom is -0.494 e. The summed E-state index contributed by atoms with van der Waals surface area (Å²) in [6.07, 6.45) is 11.6. The van der Waals surface area contributed by atoms with E-state index in [2.05, 4.69) is 38.5 Å². The Morgan fingerprint density at radius 2 is 1.82 bits per heavy atom. The number of hydrogen-bond donors (Lipinski definition) is 0. The first-order chi connectivity index (χ1) is 16.7. The smallest absolute Gasteiger partial charge is 0.200 e. The Morgan fingerprint density at radius 1 is 0.941 bits per heavy atom. The van der Waals surface area contributed by atoms with Crippen LogP contribution in [0, 0.1) is 0 Å². The van der Waals surface area contributed by atoms with Crippen LogP contribution in [-0.2, 0) is 7.05 Å². The molecule has 0 aliphatic carbocycles. The highest BCUT2D eigenvalue weighted by molar-refractivity contribution is 7.99. The Balaban J connectivity index is 1.37. The molecule has 0 atom stereocenters. The van der Waals surface area contributed by atoms with Gasteiger partial charge in [-0.2, -0.15) is 5.10 Å². The number of rotatable bonds is 5. The first-order valence-corrected chi connectivity index (χ1v) is 12.2. The zero-order chi connectivity index (χ0) is 23.1. The summed E-state index contributed by atoms with van der Waals surface area (Å²) >= 11 is 1.58. The molecule has 4 aromatic heterocycles. The molecule has 1 aromatic carbocycles. The number of anilines is 1. The van der Waals surface area contributed by atoms with Gasteiger partial charge in [0.25, 0.3) is 0 Å². The maximum absolute atomic E-state index is 5.91. The maximum Gasteiger partial charge on any atom is 0.200 e. The summed E-state index contributed by atoms with van der Waals surface area (Å²) in [4.78, 5) is 8.18. The first kappa shape index (κ1) is 21.0. The van der Waals surface area contributed by atoms with Crippen molar-refractivity contribution < 1.29 is 4.74 Å². The number of benzene rings is 1. The van der Waals surface area contributed by atoms with Crippen molar-refractivity contribution in [3.05, 3.63) is 55.1 Å². The van der Waals surface area contributed by atoms with E-state index in [1.165, 1.54) is 19.3 Å². The van der Waals surface area contributed by atoms with Crippen molar-refractivity contribution in [2.75, 3.05) is 25.1 Å². The predicted octanol–water partition coefficient (Wildman–Crippen LogP) is 4.83. The molecule has 1 saturated heterocycles. The van der Waals surface area contributed by atoms with Gasteiger partial charge in [-0.3, -0.25) is 14.1 Å². The molecule has 0 N–H and O–H groups in total. The van der Waals surface area contributed by atoms with E-state index in [-0.39, 0.29) is 0 Å². The number of aromatic nitrogens is 6. The molecule has 0 bridgehead atoms. The number of hydrogen-bond acceptors (Lipinski definition) is 7. The Morgan fingerprint density at radius 3 is 2.62 bits per heavy atom. The SMILES string of the molecule is COc1c(N2CCCCC2)cnc2ccc(Sc3nnc4ccc(-c5cnn(C)c5)cn34)cc12. The minimum atomic E-state index is 0.805. The zero-order valence-corrected chi connectivity index (χ0v) is 20.0. The third kappa shape index (κ3) is 3.75. The van der Waals surface area contributed by atoms with Gasteiger partial charge in [0.05, 0.1) is 30.7 Å². The molecule has 0 radical (unpaired) electrons. The van der Waals surface area contributed by atoms with Crippen LogP contribution in [0.1, 0.15) is 19.3 Å². The lowest BCUT2D eigenvalue weighted by atomic mass is 10.1. The van der Waals surface area contributed by atoms with Crippen molar-refractivity contribution >= 4 is 34.0 Å². The van der Waals surface area contributed by atoms with Crippen molar-refractivity contribution in [2.45, 2.75) is 29.3 Å². The fraction of sp³-hybridized carbons (Fsp3) is 0.280. The number of fused-ring (bicyclic) bond motifs is 2. The molecular formula is C25H25N7OS. The highest BCUT2D eigenvalue weighted by atomic mass is 32.2. The number of piperidine rings is 1. The van der Waals surface area contributed by atoms with Gasteiger partial charge in [0.1, 0.15) is 0 Å². The lowest BCUT2D eigenvalue weighted by Crippen LogP contribution is -2.29. The molecule has 34 heavy (non-hydrogen) atoms. The van der Waals surface area contributed by atoms with Gasteiger partial charge in [-0.25, -0.2) is 0 Å². The summed E-state index contributed by atoms with van der Waals surface area (Å²) in [6, 6.07) is 10.3. The second-order valence-electron chi connectivity index (χ2n) is 8.54. The van der Waals surface area contributed by atoms with Crippen LogP contribution in [0.3, 0.4) is 0 Å². The lowest BCUT2D eigenvalue weighted by Gasteiger charge is -2.30. The average Bonchev–Trinajstić information content (AvgIpc) is 3.49. The van der Waals surface area contributed by atoms with Crippen LogP contribution >= 0.6 is 11.8 Å². The summed E-state index contributed by atoms with van der Waals surface area (Å²) in [6.45, 7) is 2.09. The van der Waals surface area contributed by atoms with E-state index in [0.29, 0.717) is 0 Å². The van der Waals surface area contributed by atoms with Crippen molar-refractivity contribution in [1.29, 1.82) is 0 Å². The van der Waals surface area contributed by atoms with Crippen molar-refractivity contribution in [3.8, 4) is 16.9 Å². The molecule has 1 fully saturated rings. The lowest BCUT2D eigenvalue weighted by molar-refractivity contribution is 0.417. The quantitative estimate of drug-likeness (QED) is 0.364. The molecule has 6 rings (SSSR count). The molecule has 0 saturated carbocycles. The molecule has 0 amide bonds.